The van der Waals surface area contributed by atoms with Crippen LogP contribution in [0.2, 0.25) is 0 Å². The number of nitrogens with zero attached hydrogens (tertiary/aromatic N) is 1. The van der Waals surface area contributed by atoms with Crippen molar-refractivity contribution in [3.05, 3.63) is 35.6 Å². The van der Waals surface area contributed by atoms with E-state index >= 15 is 0 Å². The molecule has 8 heteroatoms. The summed E-state index contributed by atoms with van der Waals surface area (Å²) in [5.74, 6) is -2.76. The molecule has 0 aromatic heterocycles. The van der Waals surface area contributed by atoms with E-state index in [1.54, 1.807) is 30.8 Å². The van der Waals surface area contributed by atoms with Gasteiger partial charge in [-0.15, -0.1) is 0 Å². The number of thioether (sulfide) groups is 1. The summed E-state index contributed by atoms with van der Waals surface area (Å²) in [7, 11) is 1.43. The molecule has 2 heterocycles. The Hall–Kier alpha value is -1.93. The highest BCUT2D eigenvalue weighted by Gasteiger charge is 2.67. The molecule has 146 valence electrons. The van der Waals surface area contributed by atoms with E-state index in [-0.39, 0.29) is 12.5 Å². The van der Waals surface area contributed by atoms with Crippen LogP contribution in [0.25, 0.3) is 0 Å². The molecule has 0 bridgehead atoms. The minimum atomic E-state index is -1.31. The van der Waals surface area contributed by atoms with Crippen molar-refractivity contribution in [1.29, 1.82) is 0 Å². The number of imide groups is 1. The van der Waals surface area contributed by atoms with E-state index in [2.05, 4.69) is 5.32 Å². The number of rotatable bonds is 6. The van der Waals surface area contributed by atoms with Crippen LogP contribution in [0.4, 0.5) is 4.39 Å². The van der Waals surface area contributed by atoms with E-state index in [0.29, 0.717) is 17.7 Å². The average Bonchev–Trinajstić information content (AvgIpc) is 3.11. The van der Waals surface area contributed by atoms with E-state index in [1.165, 1.54) is 19.2 Å². The summed E-state index contributed by atoms with van der Waals surface area (Å²) < 4.78 is 19.1. The van der Waals surface area contributed by atoms with Crippen LogP contribution in [0.15, 0.2) is 24.3 Å². The highest BCUT2D eigenvalue weighted by Crippen LogP contribution is 2.50. The van der Waals surface area contributed by atoms with Gasteiger partial charge in [-0.25, -0.2) is 4.39 Å². The Balaban J connectivity index is 2.12. The first-order valence-electron chi connectivity index (χ1n) is 8.88. The first-order chi connectivity index (χ1) is 12.9. The SMILES string of the molecule is CCOC(=O)[C@]1(CCSC)N[C@H](c2cccc(F)c2)[C@@H]2C(=O)N(C)C(=O)[C@@H]21. The number of hydrogen-bond acceptors (Lipinski definition) is 6. The summed E-state index contributed by atoms with van der Waals surface area (Å²) in [6, 6.07) is 5.26. The zero-order chi connectivity index (χ0) is 19.8. The lowest BCUT2D eigenvalue weighted by atomic mass is 9.78. The first kappa shape index (κ1) is 19.8. The summed E-state index contributed by atoms with van der Waals surface area (Å²) in [6.45, 7) is 1.87. The lowest BCUT2D eigenvalue weighted by Gasteiger charge is -2.32. The van der Waals surface area contributed by atoms with Crippen molar-refractivity contribution in [3.63, 3.8) is 0 Å². The van der Waals surface area contributed by atoms with Gasteiger partial charge in [-0.05, 0) is 43.0 Å². The van der Waals surface area contributed by atoms with Crippen LogP contribution >= 0.6 is 11.8 Å². The lowest BCUT2D eigenvalue weighted by molar-refractivity contribution is -0.156. The lowest BCUT2D eigenvalue weighted by Crippen LogP contribution is -2.56. The molecule has 0 radical (unpaired) electrons. The molecule has 1 aromatic carbocycles. The predicted molar refractivity (Wildman–Crippen MR) is 99.4 cm³/mol. The number of esters is 1. The molecule has 0 saturated carbocycles. The highest BCUT2D eigenvalue weighted by molar-refractivity contribution is 7.98. The fraction of sp³-hybridized carbons (Fsp3) is 0.526. The van der Waals surface area contributed by atoms with Crippen LogP contribution in [0.5, 0.6) is 0 Å². The summed E-state index contributed by atoms with van der Waals surface area (Å²) in [6.07, 6.45) is 2.25. The van der Waals surface area contributed by atoms with Gasteiger partial charge < -0.3 is 4.74 Å². The first-order valence-corrected chi connectivity index (χ1v) is 10.3. The van der Waals surface area contributed by atoms with Crippen LogP contribution in [0.1, 0.15) is 24.9 Å². The highest BCUT2D eigenvalue weighted by atomic mass is 32.2. The maximum atomic E-state index is 13.8. The van der Waals surface area contributed by atoms with E-state index in [0.717, 1.165) is 4.90 Å². The zero-order valence-electron chi connectivity index (χ0n) is 15.5. The normalized spacial score (nSPS) is 29.9. The largest absolute Gasteiger partial charge is 0.465 e. The average molecular weight is 394 g/mol. The maximum Gasteiger partial charge on any atom is 0.327 e. The van der Waals surface area contributed by atoms with Gasteiger partial charge in [-0.3, -0.25) is 24.6 Å². The Labute approximate surface area is 161 Å². The molecule has 27 heavy (non-hydrogen) atoms. The minimum absolute atomic E-state index is 0.168. The molecule has 3 rings (SSSR count). The van der Waals surface area contributed by atoms with Gasteiger partial charge in [0.15, 0.2) is 0 Å². The summed E-state index contributed by atoms with van der Waals surface area (Å²) >= 11 is 1.54. The second-order valence-electron chi connectivity index (χ2n) is 6.85. The molecule has 1 N–H and O–H groups in total. The van der Waals surface area contributed by atoms with Gasteiger partial charge in [0, 0.05) is 13.1 Å². The van der Waals surface area contributed by atoms with E-state index < -0.39 is 41.1 Å². The molecule has 0 spiro atoms. The number of halogens is 1. The van der Waals surface area contributed by atoms with Gasteiger partial charge in [0.1, 0.15) is 11.4 Å². The number of hydrogen-bond donors (Lipinski definition) is 1. The Morgan fingerprint density at radius 2 is 2.11 bits per heavy atom. The minimum Gasteiger partial charge on any atom is -0.465 e. The Morgan fingerprint density at radius 3 is 2.74 bits per heavy atom. The Bertz CT molecular complexity index is 774. The van der Waals surface area contributed by atoms with Gasteiger partial charge in [0.25, 0.3) is 0 Å². The second-order valence-corrected chi connectivity index (χ2v) is 7.84. The van der Waals surface area contributed by atoms with Crippen molar-refractivity contribution in [2.24, 2.45) is 11.8 Å². The van der Waals surface area contributed by atoms with E-state index in [9.17, 15) is 18.8 Å². The molecule has 0 unspecified atom stereocenters. The molecular weight excluding hydrogens is 371 g/mol. The summed E-state index contributed by atoms with van der Waals surface area (Å²) in [5, 5.41) is 3.23. The van der Waals surface area contributed by atoms with Gasteiger partial charge in [-0.2, -0.15) is 11.8 Å². The number of nitrogens with one attached hydrogen (secondary N) is 1. The number of carbonyl (C=O) groups is 3. The van der Waals surface area contributed by atoms with Crippen molar-refractivity contribution in [3.8, 4) is 0 Å². The Morgan fingerprint density at radius 1 is 1.37 bits per heavy atom. The molecule has 6 nitrogen and oxygen atoms in total. The summed E-state index contributed by atoms with van der Waals surface area (Å²) in [5.41, 5.74) is -0.769. The summed E-state index contributed by atoms with van der Waals surface area (Å²) in [4.78, 5) is 39.8. The predicted octanol–water partition coefficient (Wildman–Crippen LogP) is 1.76. The van der Waals surface area contributed by atoms with Crippen molar-refractivity contribution in [2.75, 3.05) is 25.7 Å². The van der Waals surface area contributed by atoms with E-state index in [1.807, 2.05) is 6.26 Å². The molecule has 1 aromatic rings. The topological polar surface area (TPSA) is 75.7 Å². The molecule has 2 fully saturated rings. The molecule has 2 aliphatic heterocycles. The number of fused-ring (bicyclic) bond motifs is 1. The molecule has 0 aliphatic carbocycles. The fourth-order valence-corrected chi connectivity index (χ4v) is 4.70. The van der Waals surface area contributed by atoms with Crippen molar-refractivity contribution < 1.29 is 23.5 Å². The number of amides is 2. The van der Waals surface area contributed by atoms with Crippen LogP contribution in [0, 0.1) is 17.7 Å². The molecule has 2 amide bonds. The molecule has 2 aliphatic rings. The van der Waals surface area contributed by atoms with Crippen molar-refractivity contribution in [2.45, 2.75) is 24.9 Å². The number of carbonyl (C=O) groups excluding carboxylic acids is 3. The van der Waals surface area contributed by atoms with Crippen LogP contribution in [-0.2, 0) is 19.1 Å². The van der Waals surface area contributed by atoms with Gasteiger partial charge in [0.05, 0.1) is 18.4 Å². The monoisotopic (exact) mass is 394 g/mol. The number of ether oxygens (including phenoxy) is 1. The van der Waals surface area contributed by atoms with Crippen LogP contribution in [0.3, 0.4) is 0 Å². The van der Waals surface area contributed by atoms with Gasteiger partial charge in [0.2, 0.25) is 11.8 Å². The Kier molecular flexibility index (Phi) is 5.58. The molecule has 4 atom stereocenters. The smallest absolute Gasteiger partial charge is 0.327 e. The third-order valence-electron chi connectivity index (χ3n) is 5.42. The van der Waals surface area contributed by atoms with E-state index in [4.69, 9.17) is 4.74 Å². The van der Waals surface area contributed by atoms with Crippen LogP contribution in [-0.4, -0.2) is 53.9 Å². The zero-order valence-corrected chi connectivity index (χ0v) is 16.3. The quantitative estimate of drug-likeness (QED) is 0.585. The van der Waals surface area contributed by atoms with Crippen molar-refractivity contribution in [1.82, 2.24) is 10.2 Å². The third-order valence-corrected chi connectivity index (χ3v) is 6.03. The standard InChI is InChI=1S/C19H23FN2O4S/c1-4-26-18(25)19(8-9-27-3)14-13(16(23)22(2)17(14)24)15(21-19)11-6-5-7-12(20)10-11/h5-7,10,13-15,21H,4,8-9H2,1-3H3/t13-,14-,15-,19-/m1/s1. The molecule has 2 saturated heterocycles. The van der Waals surface area contributed by atoms with Crippen LogP contribution < -0.4 is 5.32 Å². The maximum absolute atomic E-state index is 13.8. The van der Waals surface area contributed by atoms with Gasteiger partial charge >= 0.3 is 5.97 Å². The fourth-order valence-electron chi connectivity index (χ4n) is 4.18. The molecular formula is C19H23FN2O4S. The number of benzene rings is 1. The van der Waals surface area contributed by atoms with Gasteiger partial charge in [-0.1, -0.05) is 12.1 Å². The number of likely N-dealkylation sites (tertiary alicyclic amines) is 1. The third kappa shape index (κ3) is 3.14. The van der Waals surface area contributed by atoms with Crippen molar-refractivity contribution >= 4 is 29.5 Å². The second kappa shape index (κ2) is 7.59.